The van der Waals surface area contributed by atoms with Crippen LogP contribution in [-0.2, 0) is 10.0 Å². The zero-order valence-corrected chi connectivity index (χ0v) is 15.3. The minimum Gasteiger partial charge on any atom is -0.337 e. The Morgan fingerprint density at radius 3 is 2.80 bits per heavy atom. The number of hydrogen-bond donors (Lipinski definition) is 1. The SMILES string of the molecule is CCCC1CN(C(=O)c2cnc3ccccc3c2)CC1NS(C)(=O)=O. The summed E-state index contributed by atoms with van der Waals surface area (Å²) in [5.41, 5.74) is 1.38. The molecule has 2 heterocycles. The van der Waals surface area contributed by atoms with Crippen LogP contribution in [0, 0.1) is 5.92 Å². The van der Waals surface area contributed by atoms with Crippen molar-refractivity contribution >= 4 is 26.8 Å². The predicted octanol–water partition coefficient (Wildman–Crippen LogP) is 2.02. The molecule has 1 aliphatic heterocycles. The molecular formula is C18H23N3O3S. The quantitative estimate of drug-likeness (QED) is 0.884. The van der Waals surface area contributed by atoms with Crippen molar-refractivity contribution in [2.24, 2.45) is 5.92 Å². The molecule has 1 amide bonds. The number of fused-ring (bicyclic) bond motifs is 1. The van der Waals surface area contributed by atoms with Crippen molar-refractivity contribution < 1.29 is 13.2 Å². The zero-order valence-electron chi connectivity index (χ0n) is 14.5. The monoisotopic (exact) mass is 361 g/mol. The molecule has 7 heteroatoms. The number of nitrogens with one attached hydrogen (secondary N) is 1. The molecule has 1 N–H and O–H groups in total. The Labute approximate surface area is 148 Å². The first-order valence-electron chi connectivity index (χ1n) is 8.48. The van der Waals surface area contributed by atoms with Gasteiger partial charge in [0.25, 0.3) is 5.91 Å². The lowest BCUT2D eigenvalue weighted by atomic mass is 9.99. The molecule has 1 aromatic carbocycles. The normalized spacial score (nSPS) is 21.0. The first-order valence-corrected chi connectivity index (χ1v) is 10.4. The van der Waals surface area contributed by atoms with Crippen LogP contribution in [0.3, 0.4) is 0 Å². The number of carbonyl (C=O) groups is 1. The van der Waals surface area contributed by atoms with Crippen LogP contribution in [0.25, 0.3) is 10.9 Å². The Balaban J connectivity index is 1.81. The molecule has 2 atom stereocenters. The maximum absolute atomic E-state index is 12.9. The molecule has 0 radical (unpaired) electrons. The summed E-state index contributed by atoms with van der Waals surface area (Å²) in [6, 6.07) is 9.27. The highest BCUT2D eigenvalue weighted by Gasteiger charge is 2.36. The fraction of sp³-hybridized carbons (Fsp3) is 0.444. The minimum atomic E-state index is -3.30. The summed E-state index contributed by atoms with van der Waals surface area (Å²) in [6.07, 6.45) is 4.59. The van der Waals surface area contributed by atoms with Crippen LogP contribution in [0.2, 0.25) is 0 Å². The van der Waals surface area contributed by atoms with Gasteiger partial charge < -0.3 is 4.90 Å². The number of likely N-dealkylation sites (tertiary alicyclic amines) is 1. The minimum absolute atomic E-state index is 0.0999. The van der Waals surface area contributed by atoms with Gasteiger partial charge in [0.05, 0.1) is 17.3 Å². The summed E-state index contributed by atoms with van der Waals surface area (Å²) in [5.74, 6) is 0.0363. The van der Waals surface area contributed by atoms with Crippen LogP contribution in [0.4, 0.5) is 0 Å². The average Bonchev–Trinajstić information content (AvgIpc) is 2.95. The summed E-state index contributed by atoms with van der Waals surface area (Å²) in [4.78, 5) is 18.9. The number of rotatable bonds is 5. The van der Waals surface area contributed by atoms with E-state index in [1.54, 1.807) is 11.1 Å². The summed E-state index contributed by atoms with van der Waals surface area (Å²) >= 11 is 0. The second-order valence-electron chi connectivity index (χ2n) is 6.67. The van der Waals surface area contributed by atoms with Crippen molar-refractivity contribution in [3.8, 4) is 0 Å². The van der Waals surface area contributed by atoms with E-state index >= 15 is 0 Å². The number of nitrogens with zero attached hydrogens (tertiary/aromatic N) is 2. The first kappa shape index (κ1) is 17.8. The molecule has 1 aliphatic rings. The molecule has 0 bridgehead atoms. The lowest BCUT2D eigenvalue weighted by Gasteiger charge is -2.17. The van der Waals surface area contributed by atoms with Gasteiger partial charge in [0.1, 0.15) is 0 Å². The molecule has 0 saturated carbocycles. The highest BCUT2D eigenvalue weighted by atomic mass is 32.2. The van der Waals surface area contributed by atoms with Gasteiger partial charge >= 0.3 is 0 Å². The molecular weight excluding hydrogens is 338 g/mol. The molecule has 2 unspecified atom stereocenters. The zero-order chi connectivity index (χ0) is 18.0. The number of para-hydroxylation sites is 1. The van der Waals surface area contributed by atoms with Gasteiger partial charge in [0.15, 0.2) is 0 Å². The Hall–Kier alpha value is -1.99. The fourth-order valence-electron chi connectivity index (χ4n) is 3.48. The third kappa shape index (κ3) is 4.16. The van der Waals surface area contributed by atoms with Crippen LogP contribution in [0.5, 0.6) is 0 Å². The fourth-order valence-corrected chi connectivity index (χ4v) is 4.30. The molecule has 0 aliphatic carbocycles. The Morgan fingerprint density at radius 2 is 2.08 bits per heavy atom. The topological polar surface area (TPSA) is 79.4 Å². The van der Waals surface area contributed by atoms with E-state index in [9.17, 15) is 13.2 Å². The standard InChI is InChI=1S/C18H23N3O3S/c1-3-6-14-11-21(12-17(14)20-25(2,23)24)18(22)15-9-13-7-4-5-8-16(13)19-10-15/h4-5,7-10,14,17,20H,3,6,11-12H2,1-2H3. The lowest BCUT2D eigenvalue weighted by Crippen LogP contribution is -2.40. The molecule has 1 fully saturated rings. The van der Waals surface area contributed by atoms with E-state index in [4.69, 9.17) is 0 Å². The predicted molar refractivity (Wildman–Crippen MR) is 97.8 cm³/mol. The van der Waals surface area contributed by atoms with Crippen LogP contribution in [0.1, 0.15) is 30.1 Å². The number of carbonyl (C=O) groups excluding carboxylic acids is 1. The molecule has 0 spiro atoms. The number of sulfonamides is 1. The van der Waals surface area contributed by atoms with Gasteiger partial charge in [-0.2, -0.15) is 0 Å². The molecule has 134 valence electrons. The van der Waals surface area contributed by atoms with Gasteiger partial charge in [-0.3, -0.25) is 9.78 Å². The van der Waals surface area contributed by atoms with E-state index in [0.717, 1.165) is 30.0 Å². The Morgan fingerprint density at radius 1 is 1.32 bits per heavy atom. The van der Waals surface area contributed by atoms with Gasteiger partial charge in [-0.15, -0.1) is 0 Å². The van der Waals surface area contributed by atoms with E-state index in [1.807, 2.05) is 30.3 Å². The summed E-state index contributed by atoms with van der Waals surface area (Å²) in [6.45, 7) is 3.02. The van der Waals surface area contributed by atoms with Crippen molar-refractivity contribution in [3.05, 3.63) is 42.1 Å². The van der Waals surface area contributed by atoms with Gasteiger partial charge in [-0.05, 0) is 24.5 Å². The Kier molecular flexibility index (Phi) is 5.06. The van der Waals surface area contributed by atoms with Gasteiger partial charge in [0, 0.05) is 30.7 Å². The average molecular weight is 361 g/mol. The number of aromatic nitrogens is 1. The van der Waals surface area contributed by atoms with Crippen LogP contribution < -0.4 is 4.72 Å². The first-order chi connectivity index (χ1) is 11.9. The third-order valence-electron chi connectivity index (χ3n) is 4.59. The second-order valence-corrected chi connectivity index (χ2v) is 8.45. The highest BCUT2D eigenvalue weighted by Crippen LogP contribution is 2.24. The number of pyridine rings is 1. The van der Waals surface area contributed by atoms with Crippen molar-refractivity contribution in [3.63, 3.8) is 0 Å². The molecule has 3 rings (SSSR count). The van der Waals surface area contributed by atoms with Gasteiger partial charge in [0.2, 0.25) is 10.0 Å². The van der Waals surface area contributed by atoms with Crippen molar-refractivity contribution in [2.75, 3.05) is 19.3 Å². The van der Waals surface area contributed by atoms with Crippen molar-refractivity contribution in [2.45, 2.75) is 25.8 Å². The van der Waals surface area contributed by atoms with Crippen LogP contribution in [0.15, 0.2) is 36.5 Å². The molecule has 2 aromatic rings. The van der Waals surface area contributed by atoms with Gasteiger partial charge in [-0.1, -0.05) is 31.5 Å². The number of amides is 1. The molecule has 1 aromatic heterocycles. The third-order valence-corrected chi connectivity index (χ3v) is 5.32. The van der Waals surface area contributed by atoms with Crippen LogP contribution in [-0.4, -0.2) is 49.6 Å². The molecule has 1 saturated heterocycles. The maximum atomic E-state index is 12.9. The summed E-state index contributed by atoms with van der Waals surface area (Å²) in [7, 11) is -3.30. The number of benzene rings is 1. The second kappa shape index (κ2) is 7.09. The van der Waals surface area contributed by atoms with E-state index in [0.29, 0.717) is 18.7 Å². The molecule has 25 heavy (non-hydrogen) atoms. The summed E-state index contributed by atoms with van der Waals surface area (Å²) in [5, 5.41) is 0.920. The van der Waals surface area contributed by atoms with Gasteiger partial charge in [-0.25, -0.2) is 13.1 Å². The van der Waals surface area contributed by atoms with E-state index in [1.165, 1.54) is 0 Å². The number of hydrogen-bond acceptors (Lipinski definition) is 4. The van der Waals surface area contributed by atoms with E-state index < -0.39 is 10.0 Å². The summed E-state index contributed by atoms with van der Waals surface area (Å²) < 4.78 is 25.9. The molecule has 6 nitrogen and oxygen atoms in total. The van der Waals surface area contributed by atoms with Crippen LogP contribution >= 0.6 is 0 Å². The lowest BCUT2D eigenvalue weighted by molar-refractivity contribution is 0.0785. The van der Waals surface area contributed by atoms with E-state index in [2.05, 4.69) is 16.6 Å². The smallest absolute Gasteiger partial charge is 0.255 e. The highest BCUT2D eigenvalue weighted by molar-refractivity contribution is 7.88. The van der Waals surface area contributed by atoms with Crippen molar-refractivity contribution in [1.82, 2.24) is 14.6 Å². The largest absolute Gasteiger partial charge is 0.337 e. The maximum Gasteiger partial charge on any atom is 0.255 e. The van der Waals surface area contributed by atoms with Crippen molar-refractivity contribution in [1.29, 1.82) is 0 Å². The van der Waals surface area contributed by atoms with E-state index in [-0.39, 0.29) is 17.9 Å². The Bertz CT molecular complexity index is 882.